The summed E-state index contributed by atoms with van der Waals surface area (Å²) in [6.45, 7) is 2.16. The number of carbonyl (C=O) groups excluding carboxylic acids is 2. The molecular weight excluding hydrogens is 456 g/mol. The molecule has 1 aliphatic heterocycles. The Morgan fingerprint density at radius 1 is 1.25 bits per heavy atom. The third kappa shape index (κ3) is 5.22. The molecule has 0 radical (unpaired) electrons. The molecule has 0 atom stereocenters. The van der Waals surface area contributed by atoms with E-state index in [1.807, 2.05) is 0 Å². The summed E-state index contributed by atoms with van der Waals surface area (Å²) in [6.07, 6.45) is 6.75. The highest BCUT2D eigenvalue weighted by Gasteiger charge is 2.34. The van der Waals surface area contributed by atoms with Crippen molar-refractivity contribution in [2.24, 2.45) is 0 Å². The molecule has 1 saturated heterocycles. The second-order valence-corrected chi connectivity index (χ2v) is 7.85. The number of non-ortho nitro benzene ring substituents is 1. The summed E-state index contributed by atoms with van der Waals surface area (Å²) >= 11 is 7.21. The van der Waals surface area contributed by atoms with Crippen LogP contribution in [0.4, 0.5) is 10.5 Å². The predicted octanol–water partition coefficient (Wildman–Crippen LogP) is 4.90. The van der Waals surface area contributed by atoms with Crippen LogP contribution in [0.2, 0.25) is 5.02 Å². The van der Waals surface area contributed by atoms with Crippen LogP contribution >= 0.6 is 23.4 Å². The van der Waals surface area contributed by atoms with Crippen molar-refractivity contribution < 1.29 is 24.0 Å². The number of carbonyl (C=O) groups is 2. The lowest BCUT2D eigenvalue weighted by Gasteiger charge is -2.15. The van der Waals surface area contributed by atoms with Crippen molar-refractivity contribution in [3.8, 4) is 23.8 Å². The van der Waals surface area contributed by atoms with Crippen LogP contribution in [0.5, 0.6) is 11.5 Å². The van der Waals surface area contributed by atoms with E-state index in [1.54, 1.807) is 31.2 Å². The van der Waals surface area contributed by atoms with Gasteiger partial charge in [-0.3, -0.25) is 24.6 Å². The Labute approximate surface area is 193 Å². The minimum Gasteiger partial charge on any atom is -0.490 e. The van der Waals surface area contributed by atoms with Crippen molar-refractivity contribution in [2.45, 2.75) is 13.5 Å². The van der Waals surface area contributed by atoms with Crippen molar-refractivity contribution in [3.63, 3.8) is 0 Å². The Balaban J connectivity index is 1.83. The van der Waals surface area contributed by atoms with Gasteiger partial charge in [0.15, 0.2) is 11.5 Å². The van der Waals surface area contributed by atoms with Crippen LogP contribution in [0.3, 0.4) is 0 Å². The van der Waals surface area contributed by atoms with E-state index >= 15 is 0 Å². The van der Waals surface area contributed by atoms with E-state index in [4.69, 9.17) is 27.5 Å². The predicted molar refractivity (Wildman–Crippen MR) is 122 cm³/mol. The van der Waals surface area contributed by atoms with Gasteiger partial charge in [0.1, 0.15) is 6.61 Å². The zero-order valence-corrected chi connectivity index (χ0v) is 18.4. The summed E-state index contributed by atoms with van der Waals surface area (Å²) in [7, 11) is 0. The molecule has 0 saturated carbocycles. The van der Waals surface area contributed by atoms with Crippen LogP contribution in [0.15, 0.2) is 41.3 Å². The van der Waals surface area contributed by atoms with Gasteiger partial charge in [0.2, 0.25) is 0 Å². The number of hydrogen-bond donors (Lipinski definition) is 0. The van der Waals surface area contributed by atoms with Crippen molar-refractivity contribution >= 4 is 46.3 Å². The molecule has 10 heteroatoms. The molecule has 0 N–H and O–H groups in total. The van der Waals surface area contributed by atoms with E-state index in [2.05, 4.69) is 5.92 Å². The topological polar surface area (TPSA) is 99.0 Å². The fourth-order valence-corrected chi connectivity index (χ4v) is 3.93. The number of thioether (sulfide) groups is 1. The lowest BCUT2D eigenvalue weighted by atomic mass is 10.1. The summed E-state index contributed by atoms with van der Waals surface area (Å²) in [5.41, 5.74) is 1.24. The number of nitrogens with zero attached hydrogens (tertiary/aromatic N) is 2. The van der Waals surface area contributed by atoms with Crippen molar-refractivity contribution in [1.82, 2.24) is 4.90 Å². The summed E-state index contributed by atoms with van der Waals surface area (Å²) in [5, 5.41) is 10.6. The molecule has 1 fully saturated rings. The number of nitro groups is 1. The first-order chi connectivity index (χ1) is 15.3. The molecule has 0 unspecified atom stereocenters. The van der Waals surface area contributed by atoms with Crippen LogP contribution < -0.4 is 9.47 Å². The second-order valence-electron chi connectivity index (χ2n) is 6.45. The molecule has 32 heavy (non-hydrogen) atoms. The van der Waals surface area contributed by atoms with E-state index in [1.165, 1.54) is 18.2 Å². The average Bonchev–Trinajstić information content (AvgIpc) is 3.01. The van der Waals surface area contributed by atoms with E-state index in [-0.39, 0.29) is 28.8 Å². The van der Waals surface area contributed by atoms with E-state index < -0.39 is 16.1 Å². The van der Waals surface area contributed by atoms with E-state index in [9.17, 15) is 19.7 Å². The maximum Gasteiger partial charge on any atom is 0.294 e. The summed E-state index contributed by atoms with van der Waals surface area (Å²) in [4.78, 5) is 35.9. The number of ether oxygens (including phenoxy) is 2. The summed E-state index contributed by atoms with van der Waals surface area (Å²) in [5.74, 6) is 2.47. The Morgan fingerprint density at radius 2 is 1.97 bits per heavy atom. The number of imide groups is 1. The highest BCUT2D eigenvalue weighted by molar-refractivity contribution is 8.18. The molecule has 2 aromatic rings. The van der Waals surface area contributed by atoms with E-state index in [0.717, 1.165) is 16.7 Å². The minimum absolute atomic E-state index is 0.0159. The Bertz CT molecular complexity index is 1140. The van der Waals surface area contributed by atoms with Gasteiger partial charge < -0.3 is 9.47 Å². The van der Waals surface area contributed by atoms with Gasteiger partial charge in [-0.15, -0.1) is 6.42 Å². The van der Waals surface area contributed by atoms with Crippen LogP contribution in [0, 0.1) is 22.5 Å². The number of hydrogen-bond acceptors (Lipinski definition) is 7. The highest BCUT2D eigenvalue weighted by atomic mass is 35.5. The zero-order valence-electron chi connectivity index (χ0n) is 16.9. The van der Waals surface area contributed by atoms with E-state index in [0.29, 0.717) is 29.2 Å². The van der Waals surface area contributed by atoms with Gasteiger partial charge in [-0.05, 0) is 60.2 Å². The number of halogens is 1. The number of benzene rings is 2. The normalized spacial score (nSPS) is 14.5. The molecule has 3 rings (SSSR count). The Hall–Kier alpha value is -3.48. The smallest absolute Gasteiger partial charge is 0.294 e. The molecule has 2 aromatic carbocycles. The molecule has 2 amide bonds. The van der Waals surface area contributed by atoms with Crippen molar-refractivity contribution in [1.29, 1.82) is 0 Å². The van der Waals surface area contributed by atoms with Gasteiger partial charge >= 0.3 is 0 Å². The third-order valence-corrected chi connectivity index (χ3v) is 5.47. The lowest BCUT2D eigenvalue weighted by Crippen LogP contribution is -2.28. The Kier molecular flexibility index (Phi) is 7.41. The van der Waals surface area contributed by atoms with Gasteiger partial charge in [0, 0.05) is 12.1 Å². The monoisotopic (exact) mass is 472 g/mol. The highest BCUT2D eigenvalue weighted by Crippen LogP contribution is 2.39. The van der Waals surface area contributed by atoms with Gasteiger partial charge in [-0.2, -0.15) is 0 Å². The van der Waals surface area contributed by atoms with Gasteiger partial charge in [-0.25, -0.2) is 0 Å². The first-order valence-corrected chi connectivity index (χ1v) is 10.5. The summed E-state index contributed by atoms with van der Waals surface area (Å²) in [6, 6.07) is 9.19. The third-order valence-electron chi connectivity index (χ3n) is 4.28. The van der Waals surface area contributed by atoms with Crippen LogP contribution in [0.25, 0.3) is 6.08 Å². The fraction of sp³-hybridized carbons (Fsp3) is 0.182. The maximum absolute atomic E-state index is 12.4. The number of terminal acetylenes is 1. The first-order valence-electron chi connectivity index (χ1n) is 9.35. The van der Waals surface area contributed by atoms with Gasteiger partial charge in [-0.1, -0.05) is 17.5 Å². The van der Waals surface area contributed by atoms with Crippen LogP contribution in [-0.4, -0.2) is 34.1 Å². The Morgan fingerprint density at radius 3 is 2.59 bits per heavy atom. The quantitative estimate of drug-likeness (QED) is 0.233. The fourth-order valence-electron chi connectivity index (χ4n) is 2.82. The number of nitro benzene ring substituents is 1. The molecule has 164 valence electrons. The van der Waals surface area contributed by atoms with Crippen LogP contribution in [0.1, 0.15) is 18.1 Å². The zero-order chi connectivity index (χ0) is 23.3. The number of rotatable bonds is 8. The molecule has 0 aromatic heterocycles. The van der Waals surface area contributed by atoms with Gasteiger partial charge in [0.25, 0.3) is 16.8 Å². The average molecular weight is 473 g/mol. The molecule has 0 bridgehead atoms. The standard InChI is InChI=1S/C22H17ClN2O6S/c1-3-9-24-21(26)19(32-22(24)27)12-15-10-17(23)20(18(11-15)30-4-2)31-13-14-5-7-16(8-6-14)25(28)29/h1,5-8,10-12H,4,9,13H2,2H3/b19-12+. The molecule has 1 heterocycles. The van der Waals surface area contributed by atoms with Crippen molar-refractivity contribution in [2.75, 3.05) is 13.2 Å². The molecule has 8 nitrogen and oxygen atoms in total. The number of amides is 2. The SMILES string of the molecule is C#CCN1C(=O)S/C(=C/c2cc(Cl)c(OCc3ccc([N+](=O)[O-])cc3)c(OCC)c2)C1=O. The maximum atomic E-state index is 12.4. The second kappa shape index (κ2) is 10.2. The largest absolute Gasteiger partial charge is 0.490 e. The molecular formula is C22H17ClN2O6S. The summed E-state index contributed by atoms with van der Waals surface area (Å²) < 4.78 is 11.5. The molecule has 0 aliphatic carbocycles. The molecule has 1 aliphatic rings. The van der Waals surface area contributed by atoms with Crippen LogP contribution in [-0.2, 0) is 11.4 Å². The van der Waals surface area contributed by atoms with Gasteiger partial charge in [0.05, 0.1) is 28.0 Å². The van der Waals surface area contributed by atoms with Crippen molar-refractivity contribution in [3.05, 3.63) is 67.6 Å². The lowest BCUT2D eigenvalue weighted by molar-refractivity contribution is -0.384. The minimum atomic E-state index is -0.478. The molecule has 0 spiro atoms. The first kappa shape index (κ1) is 23.2.